The molecule has 4 heteroatoms. The lowest BCUT2D eigenvalue weighted by Crippen LogP contribution is -2.39. The van der Waals surface area contributed by atoms with Crippen molar-refractivity contribution >= 4 is 27.5 Å². The second-order valence-electron chi connectivity index (χ2n) is 3.57. The third-order valence-corrected chi connectivity index (χ3v) is 3.42. The number of hydrogen-bond acceptors (Lipinski definition) is 2. The Bertz CT molecular complexity index is 531. The van der Waals surface area contributed by atoms with Crippen LogP contribution >= 0.6 is 11.3 Å². The van der Waals surface area contributed by atoms with E-state index >= 15 is 0 Å². The molecule has 1 heterocycles. The molecule has 0 amide bonds. The number of benzene rings is 1. The molecule has 1 N–H and O–H groups in total. The van der Waals surface area contributed by atoms with E-state index in [2.05, 4.69) is 0 Å². The molecule has 0 saturated carbocycles. The lowest BCUT2D eigenvalue weighted by molar-refractivity contribution is -0.661. The highest BCUT2D eigenvalue weighted by Crippen LogP contribution is 2.20. The molecule has 0 atom stereocenters. The Morgan fingerprint density at radius 2 is 2.20 bits per heavy atom. The summed E-state index contributed by atoms with van der Waals surface area (Å²) in [4.78, 5) is 10.7. The third kappa shape index (κ3) is 1.85. The number of rotatable bonds is 2. The van der Waals surface area contributed by atoms with E-state index in [-0.39, 0.29) is 6.54 Å². The van der Waals surface area contributed by atoms with Gasteiger partial charge in [-0.2, -0.15) is 4.57 Å². The van der Waals surface area contributed by atoms with Gasteiger partial charge in [0.1, 0.15) is 4.70 Å². The first-order valence-corrected chi connectivity index (χ1v) is 5.51. The highest BCUT2D eigenvalue weighted by atomic mass is 32.1. The van der Waals surface area contributed by atoms with E-state index in [1.165, 1.54) is 0 Å². The zero-order valence-corrected chi connectivity index (χ0v) is 9.47. The fraction of sp³-hybridized carbons (Fsp3) is 0.273. The Morgan fingerprint density at radius 1 is 1.47 bits per heavy atom. The predicted octanol–water partition coefficient (Wildman–Crippen LogP) is 1.89. The maximum absolute atomic E-state index is 10.7. The van der Waals surface area contributed by atoms with Crippen molar-refractivity contribution in [1.29, 1.82) is 0 Å². The van der Waals surface area contributed by atoms with Gasteiger partial charge in [-0.3, -0.25) is 0 Å². The molecule has 2 rings (SSSR count). The van der Waals surface area contributed by atoms with Crippen molar-refractivity contribution in [2.24, 2.45) is 0 Å². The van der Waals surface area contributed by atoms with Gasteiger partial charge >= 0.3 is 5.97 Å². The van der Waals surface area contributed by atoms with Crippen molar-refractivity contribution in [3.63, 3.8) is 0 Å². The Kier molecular flexibility index (Phi) is 2.44. The van der Waals surface area contributed by atoms with Crippen LogP contribution in [0.1, 0.15) is 10.6 Å². The van der Waals surface area contributed by atoms with Gasteiger partial charge in [0.15, 0.2) is 0 Å². The predicted molar refractivity (Wildman–Crippen MR) is 59.1 cm³/mol. The normalized spacial score (nSPS) is 10.8. The average molecular weight is 222 g/mol. The monoisotopic (exact) mass is 222 g/mol. The largest absolute Gasteiger partial charge is 0.477 e. The minimum absolute atomic E-state index is 0.0370. The third-order valence-electron chi connectivity index (χ3n) is 2.34. The number of aromatic nitrogens is 1. The van der Waals surface area contributed by atoms with Gasteiger partial charge in [0.2, 0.25) is 17.1 Å². The van der Waals surface area contributed by atoms with Crippen LogP contribution in [-0.2, 0) is 11.3 Å². The Balaban J connectivity index is 2.65. The van der Waals surface area contributed by atoms with Gasteiger partial charge in [-0.25, -0.2) is 4.79 Å². The molecule has 1 aromatic carbocycles. The van der Waals surface area contributed by atoms with Crippen LogP contribution in [0, 0.1) is 13.8 Å². The maximum Gasteiger partial charge on any atom is 0.370 e. The summed E-state index contributed by atoms with van der Waals surface area (Å²) in [7, 11) is 0. The highest BCUT2D eigenvalue weighted by molar-refractivity contribution is 7.18. The van der Waals surface area contributed by atoms with Crippen LogP contribution in [0.5, 0.6) is 0 Å². The summed E-state index contributed by atoms with van der Waals surface area (Å²) < 4.78 is 2.98. The number of carbonyl (C=O) groups is 1. The van der Waals surface area contributed by atoms with E-state index < -0.39 is 5.97 Å². The van der Waals surface area contributed by atoms with Crippen molar-refractivity contribution in [1.82, 2.24) is 0 Å². The number of nitrogens with zero attached hydrogens (tertiary/aromatic N) is 1. The minimum atomic E-state index is -0.802. The van der Waals surface area contributed by atoms with E-state index in [4.69, 9.17) is 5.11 Å². The van der Waals surface area contributed by atoms with Crippen LogP contribution in [0.4, 0.5) is 0 Å². The molecule has 3 nitrogen and oxygen atoms in total. The van der Waals surface area contributed by atoms with Gasteiger partial charge in [0, 0.05) is 13.0 Å². The van der Waals surface area contributed by atoms with E-state index in [1.54, 1.807) is 11.3 Å². The van der Waals surface area contributed by atoms with E-state index in [0.717, 1.165) is 20.8 Å². The number of carboxylic acids is 1. The zero-order valence-electron chi connectivity index (χ0n) is 8.65. The molecule has 1 aromatic heterocycles. The molecule has 2 aromatic rings. The van der Waals surface area contributed by atoms with Gasteiger partial charge in [-0.1, -0.05) is 17.4 Å². The van der Waals surface area contributed by atoms with Crippen LogP contribution in [0.3, 0.4) is 0 Å². The molecule has 78 valence electrons. The fourth-order valence-corrected chi connectivity index (χ4v) is 2.64. The number of aliphatic carboxylic acids is 1. The van der Waals surface area contributed by atoms with Crippen LogP contribution in [0.15, 0.2) is 18.2 Å². The van der Waals surface area contributed by atoms with Crippen LogP contribution in [-0.4, -0.2) is 11.1 Å². The summed E-state index contributed by atoms with van der Waals surface area (Å²) in [5.74, 6) is -0.802. The summed E-state index contributed by atoms with van der Waals surface area (Å²) in [6.45, 7) is 4.00. The lowest BCUT2D eigenvalue weighted by Gasteiger charge is -1.93. The molecule has 0 unspecified atom stereocenters. The first-order valence-electron chi connectivity index (χ1n) is 4.69. The number of carboxylic acid groups (broad SMARTS) is 1. The molecule has 0 fully saturated rings. The topological polar surface area (TPSA) is 41.2 Å². The van der Waals surface area contributed by atoms with E-state index in [1.807, 2.05) is 36.6 Å². The Labute approximate surface area is 91.6 Å². The molecule has 0 aliphatic carbocycles. The van der Waals surface area contributed by atoms with Crippen LogP contribution < -0.4 is 4.57 Å². The van der Waals surface area contributed by atoms with Gasteiger partial charge in [-0.15, -0.1) is 0 Å². The van der Waals surface area contributed by atoms with Crippen LogP contribution in [0.25, 0.3) is 10.2 Å². The van der Waals surface area contributed by atoms with E-state index in [0.29, 0.717) is 0 Å². The van der Waals surface area contributed by atoms with Crippen molar-refractivity contribution < 1.29 is 14.5 Å². The van der Waals surface area contributed by atoms with Gasteiger partial charge in [0.05, 0.1) is 0 Å². The molecule has 0 saturated heterocycles. The Hall–Kier alpha value is -1.42. The summed E-state index contributed by atoms with van der Waals surface area (Å²) in [5, 5.41) is 9.85. The molecule has 0 radical (unpaired) electrons. The Morgan fingerprint density at radius 3 is 2.87 bits per heavy atom. The quantitative estimate of drug-likeness (QED) is 0.788. The van der Waals surface area contributed by atoms with Gasteiger partial charge in [0.25, 0.3) is 0 Å². The van der Waals surface area contributed by atoms with Crippen molar-refractivity contribution in [2.75, 3.05) is 0 Å². The summed E-state index contributed by atoms with van der Waals surface area (Å²) >= 11 is 1.63. The second kappa shape index (κ2) is 3.62. The number of aryl methyl sites for hydroxylation is 2. The van der Waals surface area contributed by atoms with Crippen molar-refractivity contribution in [2.45, 2.75) is 20.4 Å². The maximum atomic E-state index is 10.7. The molecular formula is C11H12NO2S+. The molecular weight excluding hydrogens is 210 g/mol. The minimum Gasteiger partial charge on any atom is -0.477 e. The van der Waals surface area contributed by atoms with Crippen molar-refractivity contribution in [3.05, 3.63) is 28.8 Å². The smallest absolute Gasteiger partial charge is 0.370 e. The van der Waals surface area contributed by atoms with E-state index in [9.17, 15) is 4.79 Å². The number of fused-ring (bicyclic) bond motifs is 1. The first kappa shape index (κ1) is 10.1. The lowest BCUT2D eigenvalue weighted by atomic mass is 10.2. The average Bonchev–Trinajstić information content (AvgIpc) is 2.43. The standard InChI is InChI=1S/C11H11NO2S/c1-7-3-4-10-9(5-7)12(6-11(13)14)8(2)15-10/h3-5H,6H2,1-2H3/p+1. The summed E-state index contributed by atoms with van der Waals surface area (Å²) in [5.41, 5.74) is 2.17. The summed E-state index contributed by atoms with van der Waals surface area (Å²) in [6, 6.07) is 6.12. The van der Waals surface area contributed by atoms with Crippen molar-refractivity contribution in [3.8, 4) is 0 Å². The SMILES string of the molecule is Cc1ccc2sc(C)[n+](CC(=O)O)c2c1. The molecule has 0 aliphatic heterocycles. The molecule has 0 aliphatic rings. The number of hydrogen-bond donors (Lipinski definition) is 1. The van der Waals surface area contributed by atoms with Crippen LogP contribution in [0.2, 0.25) is 0 Å². The highest BCUT2D eigenvalue weighted by Gasteiger charge is 2.19. The second-order valence-corrected chi connectivity index (χ2v) is 4.81. The molecule has 0 spiro atoms. The number of thiazole rings is 1. The summed E-state index contributed by atoms with van der Waals surface area (Å²) in [6.07, 6.45) is 0. The molecule has 15 heavy (non-hydrogen) atoms. The fourth-order valence-electron chi connectivity index (χ4n) is 1.64. The molecule has 0 bridgehead atoms. The zero-order chi connectivity index (χ0) is 11.0. The van der Waals surface area contributed by atoms with Gasteiger partial charge < -0.3 is 5.11 Å². The first-order chi connectivity index (χ1) is 7.08. The van der Waals surface area contributed by atoms with Gasteiger partial charge in [-0.05, 0) is 18.6 Å².